The number of carbonyl (C=O) groups is 2. The first-order valence-corrected chi connectivity index (χ1v) is 8.46. The first kappa shape index (κ1) is 18.2. The molecule has 0 aliphatic carbocycles. The molecule has 2 aromatic carbocycles. The Labute approximate surface area is 150 Å². The monoisotopic (exact) mass is 389 g/mol. The highest BCUT2D eigenvalue weighted by atomic mass is 79.9. The van der Waals surface area contributed by atoms with Crippen LogP contribution in [0.4, 0.5) is 0 Å². The highest BCUT2D eigenvalue weighted by molar-refractivity contribution is 9.10. The molecule has 0 aliphatic heterocycles. The SMILES string of the molecule is Cc1cccc(C(=O)OCC(=O)N[C@@H](C)c2ccccc2Br)c1C. The molecule has 0 saturated heterocycles. The zero-order valence-corrected chi connectivity index (χ0v) is 15.5. The predicted molar refractivity (Wildman–Crippen MR) is 96.9 cm³/mol. The Bertz CT molecular complexity index is 758. The van der Waals surface area contributed by atoms with Crippen molar-refractivity contribution in [3.05, 3.63) is 69.2 Å². The average Bonchev–Trinajstić information content (AvgIpc) is 2.55. The van der Waals surface area contributed by atoms with Gasteiger partial charge < -0.3 is 10.1 Å². The molecule has 1 atom stereocenters. The molecule has 0 aromatic heterocycles. The number of hydrogen-bond donors (Lipinski definition) is 1. The highest BCUT2D eigenvalue weighted by Gasteiger charge is 2.16. The first-order chi connectivity index (χ1) is 11.4. The molecule has 5 heteroatoms. The van der Waals surface area contributed by atoms with E-state index >= 15 is 0 Å². The van der Waals surface area contributed by atoms with Gasteiger partial charge in [-0.15, -0.1) is 0 Å². The van der Waals surface area contributed by atoms with Gasteiger partial charge in [0.1, 0.15) is 0 Å². The summed E-state index contributed by atoms with van der Waals surface area (Å²) in [6.45, 7) is 5.37. The van der Waals surface area contributed by atoms with Crippen LogP contribution in [0.1, 0.15) is 40.0 Å². The van der Waals surface area contributed by atoms with Crippen LogP contribution < -0.4 is 5.32 Å². The molecule has 24 heavy (non-hydrogen) atoms. The Kier molecular flexibility index (Phi) is 6.15. The Hall–Kier alpha value is -2.14. The van der Waals surface area contributed by atoms with Gasteiger partial charge in [0.05, 0.1) is 11.6 Å². The lowest BCUT2D eigenvalue weighted by atomic mass is 10.0. The number of benzene rings is 2. The third kappa shape index (κ3) is 4.45. The molecule has 126 valence electrons. The van der Waals surface area contributed by atoms with Crippen LogP contribution in [-0.4, -0.2) is 18.5 Å². The molecule has 2 rings (SSSR count). The van der Waals surface area contributed by atoms with E-state index in [-0.39, 0.29) is 18.6 Å². The second kappa shape index (κ2) is 8.11. The van der Waals surface area contributed by atoms with Crippen LogP contribution in [0.2, 0.25) is 0 Å². The molecule has 0 aliphatic rings. The maximum Gasteiger partial charge on any atom is 0.338 e. The van der Waals surface area contributed by atoms with Gasteiger partial charge in [0.25, 0.3) is 5.91 Å². The fraction of sp³-hybridized carbons (Fsp3) is 0.263. The molecular formula is C19H20BrNO3. The number of halogens is 1. The summed E-state index contributed by atoms with van der Waals surface area (Å²) in [5.74, 6) is -0.822. The molecule has 1 amide bonds. The molecule has 0 heterocycles. The molecule has 0 bridgehead atoms. The van der Waals surface area contributed by atoms with Crippen LogP contribution in [0, 0.1) is 13.8 Å². The van der Waals surface area contributed by atoms with Crippen LogP contribution >= 0.6 is 15.9 Å². The van der Waals surface area contributed by atoms with E-state index in [1.54, 1.807) is 12.1 Å². The molecule has 1 N–H and O–H groups in total. The fourth-order valence-electron chi connectivity index (χ4n) is 2.37. The minimum Gasteiger partial charge on any atom is -0.452 e. The predicted octanol–water partition coefficient (Wildman–Crippen LogP) is 4.10. The Balaban J connectivity index is 1.92. The minimum absolute atomic E-state index is 0.188. The lowest BCUT2D eigenvalue weighted by molar-refractivity contribution is -0.124. The average molecular weight is 390 g/mol. The quantitative estimate of drug-likeness (QED) is 0.783. The van der Waals surface area contributed by atoms with Gasteiger partial charge in [-0.05, 0) is 49.6 Å². The van der Waals surface area contributed by atoms with Crippen molar-refractivity contribution in [1.82, 2.24) is 5.32 Å². The van der Waals surface area contributed by atoms with E-state index < -0.39 is 5.97 Å². The third-order valence-corrected chi connectivity index (χ3v) is 4.63. The second-order valence-electron chi connectivity index (χ2n) is 5.63. The Morgan fingerprint density at radius 1 is 1.12 bits per heavy atom. The Morgan fingerprint density at radius 3 is 2.54 bits per heavy atom. The number of amides is 1. The van der Waals surface area contributed by atoms with E-state index in [1.165, 1.54) is 0 Å². The van der Waals surface area contributed by atoms with Crippen molar-refractivity contribution in [3.63, 3.8) is 0 Å². The molecule has 0 saturated carbocycles. The summed E-state index contributed by atoms with van der Waals surface area (Å²) in [7, 11) is 0. The summed E-state index contributed by atoms with van der Waals surface area (Å²) in [5.41, 5.74) is 3.33. The van der Waals surface area contributed by atoms with Gasteiger partial charge in [-0.3, -0.25) is 4.79 Å². The molecule has 0 fully saturated rings. The molecule has 0 spiro atoms. The summed E-state index contributed by atoms with van der Waals surface area (Å²) in [6.07, 6.45) is 0. The minimum atomic E-state index is -0.486. The van der Waals surface area contributed by atoms with E-state index in [4.69, 9.17) is 4.74 Å². The Morgan fingerprint density at radius 2 is 1.83 bits per heavy atom. The number of ether oxygens (including phenoxy) is 1. The van der Waals surface area contributed by atoms with Gasteiger partial charge in [0.2, 0.25) is 0 Å². The topological polar surface area (TPSA) is 55.4 Å². The number of hydrogen-bond acceptors (Lipinski definition) is 3. The van der Waals surface area contributed by atoms with Crippen molar-refractivity contribution in [2.75, 3.05) is 6.61 Å². The zero-order valence-electron chi connectivity index (χ0n) is 13.9. The number of aryl methyl sites for hydroxylation is 1. The van der Waals surface area contributed by atoms with Crippen molar-refractivity contribution in [3.8, 4) is 0 Å². The van der Waals surface area contributed by atoms with Crippen molar-refractivity contribution in [1.29, 1.82) is 0 Å². The lowest BCUT2D eigenvalue weighted by Gasteiger charge is -2.16. The van der Waals surface area contributed by atoms with Crippen LogP contribution in [0.5, 0.6) is 0 Å². The van der Waals surface area contributed by atoms with Gasteiger partial charge in [0.15, 0.2) is 6.61 Å². The van der Waals surface area contributed by atoms with E-state index in [1.807, 2.05) is 51.1 Å². The van der Waals surface area contributed by atoms with Crippen LogP contribution in [0.25, 0.3) is 0 Å². The highest BCUT2D eigenvalue weighted by Crippen LogP contribution is 2.22. The van der Waals surface area contributed by atoms with Crippen LogP contribution in [0.15, 0.2) is 46.9 Å². The summed E-state index contributed by atoms with van der Waals surface area (Å²) in [5, 5.41) is 2.82. The van der Waals surface area contributed by atoms with E-state index in [2.05, 4.69) is 21.2 Å². The summed E-state index contributed by atoms with van der Waals surface area (Å²) >= 11 is 3.46. The van der Waals surface area contributed by atoms with Crippen molar-refractivity contribution >= 4 is 27.8 Å². The smallest absolute Gasteiger partial charge is 0.338 e. The van der Waals surface area contributed by atoms with E-state index in [9.17, 15) is 9.59 Å². The van der Waals surface area contributed by atoms with Gasteiger partial charge in [-0.25, -0.2) is 4.79 Å². The maximum atomic E-state index is 12.1. The largest absolute Gasteiger partial charge is 0.452 e. The third-order valence-electron chi connectivity index (χ3n) is 3.91. The number of nitrogens with one attached hydrogen (secondary N) is 1. The molecular weight excluding hydrogens is 370 g/mol. The summed E-state index contributed by atoms with van der Waals surface area (Å²) in [4.78, 5) is 24.1. The molecule has 2 aromatic rings. The van der Waals surface area contributed by atoms with Crippen LogP contribution in [0.3, 0.4) is 0 Å². The maximum absolute atomic E-state index is 12.1. The second-order valence-corrected chi connectivity index (χ2v) is 6.49. The normalized spacial score (nSPS) is 11.7. The van der Waals surface area contributed by atoms with Crippen molar-refractivity contribution < 1.29 is 14.3 Å². The molecule has 4 nitrogen and oxygen atoms in total. The number of esters is 1. The lowest BCUT2D eigenvalue weighted by Crippen LogP contribution is -2.31. The van der Waals surface area contributed by atoms with E-state index in [0.717, 1.165) is 21.2 Å². The first-order valence-electron chi connectivity index (χ1n) is 7.67. The number of carbonyl (C=O) groups excluding carboxylic acids is 2. The van der Waals surface area contributed by atoms with Gasteiger partial charge in [-0.1, -0.05) is 46.3 Å². The van der Waals surface area contributed by atoms with Gasteiger partial charge in [0, 0.05) is 4.47 Å². The van der Waals surface area contributed by atoms with Crippen molar-refractivity contribution in [2.24, 2.45) is 0 Å². The standard InChI is InChI=1S/C19H20BrNO3/c1-12-7-6-9-15(13(12)2)19(23)24-11-18(22)21-14(3)16-8-4-5-10-17(16)20/h4-10,14H,11H2,1-3H3,(H,21,22)/t14-/m0/s1. The number of rotatable bonds is 5. The van der Waals surface area contributed by atoms with Crippen LogP contribution in [-0.2, 0) is 9.53 Å². The summed E-state index contributed by atoms with van der Waals surface area (Å²) < 4.78 is 6.05. The molecule has 0 radical (unpaired) electrons. The molecule has 0 unspecified atom stereocenters. The fourth-order valence-corrected chi connectivity index (χ4v) is 3.00. The van der Waals surface area contributed by atoms with E-state index in [0.29, 0.717) is 5.56 Å². The van der Waals surface area contributed by atoms with Gasteiger partial charge >= 0.3 is 5.97 Å². The summed E-state index contributed by atoms with van der Waals surface area (Å²) in [6, 6.07) is 12.9. The zero-order chi connectivity index (χ0) is 17.7. The van der Waals surface area contributed by atoms with Crippen molar-refractivity contribution in [2.45, 2.75) is 26.8 Å². The van der Waals surface area contributed by atoms with Gasteiger partial charge in [-0.2, -0.15) is 0 Å².